The first-order chi connectivity index (χ1) is 11.0. The molecule has 0 atom stereocenters. The lowest BCUT2D eigenvalue weighted by atomic mass is 10.1. The molecule has 0 aliphatic rings. The summed E-state index contributed by atoms with van der Waals surface area (Å²) in [5.41, 5.74) is 4.19. The van der Waals surface area contributed by atoms with Crippen molar-refractivity contribution in [1.82, 2.24) is 4.57 Å². The molecule has 0 aliphatic heterocycles. The Bertz CT molecular complexity index is 969. The second kappa shape index (κ2) is 6.42. The third-order valence-electron chi connectivity index (χ3n) is 3.81. The van der Waals surface area contributed by atoms with E-state index in [-0.39, 0.29) is 5.91 Å². The number of hydrogen-bond donors (Lipinski definition) is 0. The topological polar surface area (TPSA) is 34.4 Å². The number of fused-ring (bicyclic) bond motifs is 1. The summed E-state index contributed by atoms with van der Waals surface area (Å²) in [6, 6.07) is 11.6. The molecule has 0 saturated carbocycles. The Balaban J connectivity index is 2.21. The van der Waals surface area contributed by atoms with Gasteiger partial charge in [-0.05, 0) is 50.1 Å². The largest absolute Gasteiger partial charge is 0.316 e. The molecular formula is C18H17BrN2OS. The zero-order valence-corrected chi connectivity index (χ0v) is 15.7. The molecule has 118 valence electrons. The molecule has 0 spiro atoms. The molecule has 0 aliphatic carbocycles. The van der Waals surface area contributed by atoms with E-state index in [9.17, 15) is 4.79 Å². The highest BCUT2D eigenvalue weighted by molar-refractivity contribution is 9.10. The summed E-state index contributed by atoms with van der Waals surface area (Å²) >= 11 is 4.97. The second-order valence-corrected chi connectivity index (χ2v) is 7.33. The average molecular weight is 389 g/mol. The summed E-state index contributed by atoms with van der Waals surface area (Å²) in [5.74, 6) is -0.213. The maximum atomic E-state index is 12.5. The predicted octanol–water partition coefficient (Wildman–Crippen LogP) is 4.84. The molecule has 3 nitrogen and oxygen atoms in total. The summed E-state index contributed by atoms with van der Waals surface area (Å²) in [6.07, 6.45) is 0. The number of aryl methyl sites for hydroxylation is 3. The van der Waals surface area contributed by atoms with Crippen LogP contribution in [-0.2, 0) is 6.54 Å². The number of thiazole rings is 1. The minimum absolute atomic E-state index is 0.213. The van der Waals surface area contributed by atoms with Gasteiger partial charge in [0.25, 0.3) is 5.91 Å². The van der Waals surface area contributed by atoms with E-state index in [0.29, 0.717) is 5.56 Å². The number of carbonyl (C=O) groups is 1. The quantitative estimate of drug-likeness (QED) is 0.617. The maximum absolute atomic E-state index is 12.5. The summed E-state index contributed by atoms with van der Waals surface area (Å²) in [5, 5.41) is 0. The molecule has 0 fully saturated rings. The van der Waals surface area contributed by atoms with Gasteiger partial charge >= 0.3 is 0 Å². The van der Waals surface area contributed by atoms with Gasteiger partial charge in [-0.25, -0.2) is 0 Å². The molecule has 23 heavy (non-hydrogen) atoms. The van der Waals surface area contributed by atoms with Crippen LogP contribution in [0.5, 0.6) is 0 Å². The average Bonchev–Trinajstić information content (AvgIpc) is 2.90. The third kappa shape index (κ3) is 3.03. The van der Waals surface area contributed by atoms with Gasteiger partial charge in [0.05, 0.1) is 10.2 Å². The van der Waals surface area contributed by atoms with E-state index < -0.39 is 0 Å². The highest BCUT2D eigenvalue weighted by Gasteiger charge is 2.11. The molecule has 0 saturated heterocycles. The van der Waals surface area contributed by atoms with E-state index >= 15 is 0 Å². The Morgan fingerprint density at radius 1 is 1.22 bits per heavy atom. The standard InChI is InChI=1S/C18H17BrN2OS/c1-4-21-15-11(2)8-9-12(3)16(15)23-18(21)20-17(22)13-6-5-7-14(19)10-13/h5-10H,4H2,1-3H3. The van der Waals surface area contributed by atoms with Gasteiger partial charge in [-0.2, -0.15) is 4.99 Å². The summed E-state index contributed by atoms with van der Waals surface area (Å²) in [4.78, 5) is 17.6. The first-order valence-electron chi connectivity index (χ1n) is 7.45. The fourth-order valence-electron chi connectivity index (χ4n) is 2.63. The molecule has 2 aromatic carbocycles. The van der Waals surface area contributed by atoms with Gasteiger partial charge in [0.2, 0.25) is 0 Å². The fourth-order valence-corrected chi connectivity index (χ4v) is 4.26. The van der Waals surface area contributed by atoms with Crippen molar-refractivity contribution < 1.29 is 4.79 Å². The zero-order valence-electron chi connectivity index (χ0n) is 13.3. The van der Waals surface area contributed by atoms with Crippen LogP contribution in [0.25, 0.3) is 10.2 Å². The Morgan fingerprint density at radius 3 is 2.65 bits per heavy atom. The van der Waals surface area contributed by atoms with Gasteiger partial charge in [0, 0.05) is 16.6 Å². The lowest BCUT2D eigenvalue weighted by Crippen LogP contribution is -2.16. The van der Waals surface area contributed by atoms with Crippen LogP contribution >= 0.6 is 27.3 Å². The van der Waals surface area contributed by atoms with E-state index in [4.69, 9.17) is 0 Å². The monoisotopic (exact) mass is 388 g/mol. The highest BCUT2D eigenvalue weighted by atomic mass is 79.9. The summed E-state index contributed by atoms with van der Waals surface area (Å²) in [6.45, 7) is 7.06. The lowest BCUT2D eigenvalue weighted by Gasteiger charge is -2.04. The fraction of sp³-hybridized carbons (Fsp3) is 0.222. The minimum Gasteiger partial charge on any atom is -0.316 e. The smallest absolute Gasteiger partial charge is 0.279 e. The molecule has 1 heterocycles. The van der Waals surface area contributed by atoms with Crippen LogP contribution in [0, 0.1) is 13.8 Å². The van der Waals surface area contributed by atoms with E-state index in [0.717, 1.165) is 15.8 Å². The second-order valence-electron chi connectivity index (χ2n) is 5.43. The molecule has 0 radical (unpaired) electrons. The van der Waals surface area contributed by atoms with Crippen LogP contribution in [0.1, 0.15) is 28.4 Å². The van der Waals surface area contributed by atoms with Gasteiger partial charge in [-0.1, -0.05) is 45.5 Å². The Labute approximate surface area is 147 Å². The van der Waals surface area contributed by atoms with E-state index in [1.807, 2.05) is 12.1 Å². The number of rotatable bonds is 2. The SMILES string of the molecule is CCn1c(=NC(=O)c2cccc(Br)c2)sc2c(C)ccc(C)c21. The first kappa shape index (κ1) is 16.1. The van der Waals surface area contributed by atoms with Gasteiger partial charge in [0.15, 0.2) is 4.80 Å². The van der Waals surface area contributed by atoms with Crippen molar-refractivity contribution in [3.05, 3.63) is 62.4 Å². The third-order valence-corrected chi connectivity index (χ3v) is 5.52. The van der Waals surface area contributed by atoms with Crippen molar-refractivity contribution in [1.29, 1.82) is 0 Å². The van der Waals surface area contributed by atoms with Crippen molar-refractivity contribution in [2.45, 2.75) is 27.3 Å². The van der Waals surface area contributed by atoms with Crippen LogP contribution in [0.15, 0.2) is 45.9 Å². The Kier molecular flexibility index (Phi) is 4.50. The minimum atomic E-state index is -0.213. The van der Waals surface area contributed by atoms with Crippen molar-refractivity contribution in [3.8, 4) is 0 Å². The van der Waals surface area contributed by atoms with Crippen LogP contribution in [0.3, 0.4) is 0 Å². The molecule has 5 heteroatoms. The van der Waals surface area contributed by atoms with Crippen LogP contribution in [0.4, 0.5) is 0 Å². The van der Waals surface area contributed by atoms with Crippen molar-refractivity contribution in [2.24, 2.45) is 4.99 Å². The molecule has 3 rings (SSSR count). The van der Waals surface area contributed by atoms with Crippen LogP contribution in [-0.4, -0.2) is 10.5 Å². The Hall–Kier alpha value is -1.72. The van der Waals surface area contributed by atoms with Crippen molar-refractivity contribution >= 4 is 43.4 Å². The molecule has 1 aromatic heterocycles. The molecule has 0 unspecified atom stereocenters. The van der Waals surface area contributed by atoms with Crippen molar-refractivity contribution in [2.75, 3.05) is 0 Å². The molecular weight excluding hydrogens is 372 g/mol. The number of hydrogen-bond acceptors (Lipinski definition) is 2. The van der Waals surface area contributed by atoms with E-state index in [1.165, 1.54) is 21.3 Å². The number of aromatic nitrogens is 1. The molecule has 3 aromatic rings. The van der Waals surface area contributed by atoms with Crippen LogP contribution in [0.2, 0.25) is 0 Å². The number of benzene rings is 2. The molecule has 0 bridgehead atoms. The Morgan fingerprint density at radius 2 is 1.96 bits per heavy atom. The van der Waals surface area contributed by atoms with Gasteiger partial charge < -0.3 is 4.57 Å². The lowest BCUT2D eigenvalue weighted by molar-refractivity contribution is 0.0998. The van der Waals surface area contributed by atoms with Crippen molar-refractivity contribution in [3.63, 3.8) is 0 Å². The van der Waals surface area contributed by atoms with Gasteiger partial charge in [-0.3, -0.25) is 4.79 Å². The maximum Gasteiger partial charge on any atom is 0.279 e. The van der Waals surface area contributed by atoms with Gasteiger partial charge in [0.1, 0.15) is 0 Å². The summed E-state index contributed by atoms with van der Waals surface area (Å²) < 4.78 is 4.20. The van der Waals surface area contributed by atoms with Gasteiger partial charge in [-0.15, -0.1) is 0 Å². The summed E-state index contributed by atoms with van der Waals surface area (Å²) in [7, 11) is 0. The molecule has 1 amide bonds. The highest BCUT2D eigenvalue weighted by Crippen LogP contribution is 2.25. The van der Waals surface area contributed by atoms with E-state index in [2.05, 4.69) is 58.4 Å². The van der Waals surface area contributed by atoms with E-state index in [1.54, 1.807) is 23.5 Å². The predicted molar refractivity (Wildman–Crippen MR) is 99.0 cm³/mol. The zero-order chi connectivity index (χ0) is 16.6. The number of carbonyl (C=O) groups excluding carboxylic acids is 1. The number of nitrogens with zero attached hydrogens (tertiary/aromatic N) is 2. The van der Waals surface area contributed by atoms with Crippen LogP contribution < -0.4 is 4.80 Å². The number of halogens is 1. The molecule has 0 N–H and O–H groups in total. The normalized spacial score (nSPS) is 12.1. The first-order valence-corrected chi connectivity index (χ1v) is 9.06. The number of amides is 1.